The number of aromatic nitrogens is 2. The molecule has 5 nitrogen and oxygen atoms in total. The van der Waals surface area contributed by atoms with Crippen LogP contribution in [0.25, 0.3) is 21.5 Å². The molecule has 0 radical (unpaired) electrons. The number of carbonyl (C=O) groups is 1. The topological polar surface area (TPSA) is 83.0 Å². The maximum absolute atomic E-state index is 11.9. The van der Waals surface area contributed by atoms with Gasteiger partial charge in [0.15, 0.2) is 0 Å². The maximum Gasteiger partial charge on any atom is 0.343 e. The molecule has 3 aromatic rings. The van der Waals surface area contributed by atoms with Gasteiger partial charge in [0, 0.05) is 21.0 Å². The lowest BCUT2D eigenvalue weighted by Gasteiger charge is -2.03. The number of nitrogens with zero attached hydrogens (tertiary/aromatic N) is 1. The lowest BCUT2D eigenvalue weighted by molar-refractivity contribution is 0.0693. The third-order valence-electron chi connectivity index (χ3n) is 3.05. The first-order valence-electron chi connectivity index (χ1n) is 5.88. The third kappa shape index (κ3) is 1.90. The van der Waals surface area contributed by atoms with E-state index >= 15 is 0 Å². The molecule has 2 aromatic heterocycles. The van der Waals surface area contributed by atoms with Gasteiger partial charge in [-0.05, 0) is 13.0 Å². The molecule has 0 saturated carbocycles. The van der Waals surface area contributed by atoms with Crippen LogP contribution in [-0.2, 0) is 0 Å². The van der Waals surface area contributed by atoms with Crippen LogP contribution in [0, 0.1) is 6.92 Å². The Balaban J connectivity index is 2.26. The second-order valence-corrected chi connectivity index (χ2v) is 5.24. The molecule has 2 heterocycles. The molecule has 100 valence electrons. The standard InChI is InChI=1S/C14H10N2O3S/c1-7-11(14(18)19)13(17)16-12(15-7)9-6-20-10-5-3-2-4-8(9)10/h2-6H,1H3,(H,18,19)(H,15,16,17). The summed E-state index contributed by atoms with van der Waals surface area (Å²) in [5.74, 6) is -0.868. The van der Waals surface area contributed by atoms with Gasteiger partial charge >= 0.3 is 5.97 Å². The van der Waals surface area contributed by atoms with Crippen LogP contribution in [0.5, 0.6) is 0 Å². The van der Waals surface area contributed by atoms with Crippen molar-refractivity contribution < 1.29 is 9.90 Å². The highest BCUT2D eigenvalue weighted by molar-refractivity contribution is 7.17. The van der Waals surface area contributed by atoms with E-state index in [2.05, 4.69) is 9.97 Å². The molecule has 0 spiro atoms. The average Bonchev–Trinajstić information content (AvgIpc) is 2.81. The molecule has 2 N–H and O–H groups in total. The van der Waals surface area contributed by atoms with Crippen molar-refractivity contribution in [1.29, 1.82) is 0 Å². The zero-order valence-corrected chi connectivity index (χ0v) is 11.3. The second-order valence-electron chi connectivity index (χ2n) is 4.33. The minimum Gasteiger partial charge on any atom is -0.477 e. The van der Waals surface area contributed by atoms with E-state index in [1.807, 2.05) is 29.6 Å². The van der Waals surface area contributed by atoms with Gasteiger partial charge in [-0.15, -0.1) is 11.3 Å². The van der Waals surface area contributed by atoms with Crippen LogP contribution in [0.2, 0.25) is 0 Å². The number of thiophene rings is 1. The molecular weight excluding hydrogens is 276 g/mol. The van der Waals surface area contributed by atoms with Crippen molar-refractivity contribution in [2.45, 2.75) is 6.92 Å². The molecule has 0 amide bonds. The first-order valence-corrected chi connectivity index (χ1v) is 6.76. The van der Waals surface area contributed by atoms with Gasteiger partial charge in [-0.25, -0.2) is 9.78 Å². The summed E-state index contributed by atoms with van der Waals surface area (Å²) in [6.07, 6.45) is 0. The summed E-state index contributed by atoms with van der Waals surface area (Å²) >= 11 is 1.55. The molecule has 0 saturated heterocycles. The highest BCUT2D eigenvalue weighted by Gasteiger charge is 2.17. The summed E-state index contributed by atoms with van der Waals surface area (Å²) < 4.78 is 1.09. The van der Waals surface area contributed by atoms with Gasteiger partial charge in [0.05, 0.1) is 5.69 Å². The number of carboxylic acids is 1. The minimum absolute atomic E-state index is 0.214. The number of aromatic carboxylic acids is 1. The predicted molar refractivity (Wildman–Crippen MR) is 77.4 cm³/mol. The van der Waals surface area contributed by atoms with E-state index in [1.54, 1.807) is 11.3 Å². The smallest absolute Gasteiger partial charge is 0.343 e. The fraction of sp³-hybridized carbons (Fsp3) is 0.0714. The SMILES string of the molecule is Cc1nc(-c2csc3ccccc23)[nH]c(=O)c1C(=O)O. The summed E-state index contributed by atoms with van der Waals surface area (Å²) in [6.45, 7) is 1.52. The van der Waals surface area contributed by atoms with Gasteiger partial charge in [0.1, 0.15) is 11.4 Å². The van der Waals surface area contributed by atoms with Gasteiger partial charge in [0.25, 0.3) is 5.56 Å². The number of aromatic amines is 1. The summed E-state index contributed by atoms with van der Waals surface area (Å²) in [4.78, 5) is 29.6. The number of aryl methyl sites for hydroxylation is 1. The van der Waals surface area contributed by atoms with Gasteiger partial charge in [-0.3, -0.25) is 4.79 Å². The molecule has 1 aromatic carbocycles. The first kappa shape index (κ1) is 12.6. The van der Waals surface area contributed by atoms with Gasteiger partial charge in [0.2, 0.25) is 0 Å². The zero-order valence-electron chi connectivity index (χ0n) is 10.5. The van der Waals surface area contributed by atoms with Crippen molar-refractivity contribution in [3.8, 4) is 11.4 Å². The van der Waals surface area contributed by atoms with E-state index in [0.29, 0.717) is 5.82 Å². The van der Waals surface area contributed by atoms with Crippen LogP contribution >= 0.6 is 11.3 Å². The van der Waals surface area contributed by atoms with Crippen molar-refractivity contribution in [3.05, 3.63) is 51.3 Å². The Labute approximate surface area is 117 Å². The predicted octanol–water partition coefficient (Wildman–Crippen LogP) is 2.66. The van der Waals surface area contributed by atoms with Crippen LogP contribution in [0.15, 0.2) is 34.4 Å². The fourth-order valence-electron chi connectivity index (χ4n) is 2.13. The maximum atomic E-state index is 11.9. The summed E-state index contributed by atoms with van der Waals surface area (Å²) in [7, 11) is 0. The lowest BCUT2D eigenvalue weighted by Crippen LogP contribution is -2.21. The number of rotatable bonds is 2. The van der Waals surface area contributed by atoms with Gasteiger partial charge in [-0.1, -0.05) is 18.2 Å². The number of nitrogens with one attached hydrogen (secondary N) is 1. The summed E-state index contributed by atoms with van der Waals surface area (Å²) in [5, 5.41) is 11.9. The Morgan fingerprint density at radius 2 is 2.10 bits per heavy atom. The Morgan fingerprint density at radius 3 is 2.80 bits per heavy atom. The molecule has 0 aliphatic heterocycles. The average molecular weight is 286 g/mol. The molecule has 3 rings (SSSR count). The Morgan fingerprint density at radius 1 is 1.35 bits per heavy atom. The second kappa shape index (κ2) is 4.57. The van der Waals surface area contributed by atoms with Gasteiger partial charge < -0.3 is 10.1 Å². The van der Waals surface area contributed by atoms with Crippen molar-refractivity contribution in [2.75, 3.05) is 0 Å². The van der Waals surface area contributed by atoms with E-state index < -0.39 is 11.5 Å². The molecule has 20 heavy (non-hydrogen) atoms. The number of fused-ring (bicyclic) bond motifs is 1. The number of benzene rings is 1. The fourth-order valence-corrected chi connectivity index (χ4v) is 3.07. The van der Waals surface area contributed by atoms with Crippen molar-refractivity contribution in [1.82, 2.24) is 9.97 Å². The van der Waals surface area contributed by atoms with Crippen molar-refractivity contribution in [2.24, 2.45) is 0 Å². The molecular formula is C14H10N2O3S. The Bertz CT molecular complexity index is 880. The van der Waals surface area contributed by atoms with Gasteiger partial charge in [-0.2, -0.15) is 0 Å². The largest absolute Gasteiger partial charge is 0.477 e. The van der Waals surface area contributed by atoms with Crippen LogP contribution in [0.4, 0.5) is 0 Å². The quantitative estimate of drug-likeness (QED) is 0.758. The highest BCUT2D eigenvalue weighted by Crippen LogP contribution is 2.31. The van der Waals surface area contributed by atoms with Crippen molar-refractivity contribution in [3.63, 3.8) is 0 Å². The van der Waals surface area contributed by atoms with E-state index in [-0.39, 0.29) is 11.3 Å². The normalized spacial score (nSPS) is 10.8. The zero-order chi connectivity index (χ0) is 14.3. The third-order valence-corrected chi connectivity index (χ3v) is 4.01. The molecule has 0 atom stereocenters. The Kier molecular flexibility index (Phi) is 2.87. The van der Waals surface area contributed by atoms with E-state index in [0.717, 1.165) is 15.6 Å². The molecule has 0 unspecified atom stereocenters. The first-order chi connectivity index (χ1) is 9.58. The van der Waals surface area contributed by atoms with E-state index in [1.165, 1.54) is 6.92 Å². The van der Waals surface area contributed by atoms with Crippen LogP contribution < -0.4 is 5.56 Å². The van der Waals surface area contributed by atoms with E-state index in [9.17, 15) is 9.59 Å². The number of hydrogen-bond acceptors (Lipinski definition) is 4. The Hall–Kier alpha value is -2.47. The molecule has 0 bridgehead atoms. The monoisotopic (exact) mass is 286 g/mol. The summed E-state index contributed by atoms with van der Waals surface area (Å²) in [6, 6.07) is 7.79. The minimum atomic E-state index is -1.27. The molecule has 6 heteroatoms. The van der Waals surface area contributed by atoms with Crippen LogP contribution in [-0.4, -0.2) is 21.0 Å². The number of carboxylic acid groups (broad SMARTS) is 1. The van der Waals surface area contributed by atoms with Crippen LogP contribution in [0.3, 0.4) is 0 Å². The van der Waals surface area contributed by atoms with Crippen molar-refractivity contribution >= 4 is 27.4 Å². The summed E-state index contributed by atoms with van der Waals surface area (Å²) in [5.41, 5.74) is 0.0813. The lowest BCUT2D eigenvalue weighted by atomic mass is 10.1. The number of hydrogen-bond donors (Lipinski definition) is 2. The molecule has 0 fully saturated rings. The number of H-pyrrole nitrogens is 1. The van der Waals surface area contributed by atoms with E-state index in [4.69, 9.17) is 5.11 Å². The molecule has 0 aliphatic carbocycles. The van der Waals surface area contributed by atoms with Crippen LogP contribution in [0.1, 0.15) is 16.1 Å². The highest BCUT2D eigenvalue weighted by atomic mass is 32.1. The molecule has 0 aliphatic rings.